The second kappa shape index (κ2) is 5.76. The highest BCUT2D eigenvalue weighted by Crippen LogP contribution is 2.27. The predicted molar refractivity (Wildman–Crippen MR) is 78.8 cm³/mol. The Morgan fingerprint density at radius 3 is 2.38 bits per heavy atom. The van der Waals surface area contributed by atoms with Gasteiger partial charge in [0.15, 0.2) is 5.76 Å². The average molecular weight is 290 g/mol. The van der Waals surface area contributed by atoms with Gasteiger partial charge >= 0.3 is 0 Å². The monoisotopic (exact) mass is 290 g/mol. The van der Waals surface area contributed by atoms with Gasteiger partial charge in [0.25, 0.3) is 5.88 Å². The Hall–Kier alpha value is -2.04. The van der Waals surface area contributed by atoms with Crippen molar-refractivity contribution in [1.29, 1.82) is 0 Å². The topological polar surface area (TPSA) is 56.1 Å². The molecule has 1 aromatic carbocycles. The summed E-state index contributed by atoms with van der Waals surface area (Å²) < 4.78 is 13.1. The molecule has 0 atom stereocenters. The van der Waals surface area contributed by atoms with E-state index in [2.05, 4.69) is 4.99 Å². The summed E-state index contributed by atoms with van der Waals surface area (Å²) in [5, 5.41) is 19.5. The Morgan fingerprint density at radius 1 is 1.05 bits per heavy atom. The van der Waals surface area contributed by atoms with E-state index in [0.29, 0.717) is 11.9 Å². The lowest BCUT2D eigenvalue weighted by molar-refractivity contribution is 0.206. The summed E-state index contributed by atoms with van der Waals surface area (Å²) in [6.07, 6.45) is 5.66. The molecule has 21 heavy (non-hydrogen) atoms. The Bertz CT molecular complexity index is 574. The summed E-state index contributed by atoms with van der Waals surface area (Å²) in [6.45, 7) is 0.257. The largest absolute Gasteiger partial charge is 0.506 e. The van der Waals surface area contributed by atoms with Gasteiger partial charge in [-0.15, -0.1) is 0 Å². The Labute approximate surface area is 123 Å². The highest BCUT2D eigenvalue weighted by molar-refractivity contribution is 6.00. The maximum atomic E-state index is 13.1. The van der Waals surface area contributed by atoms with Crippen LogP contribution in [0.15, 0.2) is 40.9 Å². The molecule has 0 amide bonds. The molecule has 5 heteroatoms. The molecule has 0 unspecified atom stereocenters. The molecule has 0 aromatic heterocycles. The van der Waals surface area contributed by atoms with Crippen molar-refractivity contribution in [2.45, 2.75) is 38.1 Å². The van der Waals surface area contributed by atoms with Crippen molar-refractivity contribution < 1.29 is 14.6 Å². The summed E-state index contributed by atoms with van der Waals surface area (Å²) in [5.41, 5.74) is 0.751. The van der Waals surface area contributed by atoms with Gasteiger partial charge in [0.2, 0.25) is 0 Å². The molecular weight excluding hydrogens is 271 g/mol. The van der Waals surface area contributed by atoms with Crippen LogP contribution in [0.3, 0.4) is 0 Å². The van der Waals surface area contributed by atoms with E-state index in [0.717, 1.165) is 31.2 Å². The number of hydrogen-bond acceptors (Lipinski definition) is 4. The fourth-order valence-electron chi connectivity index (χ4n) is 3.06. The number of aliphatic hydroxyl groups excluding tert-OH is 2. The molecule has 0 spiro atoms. The number of nitrogens with zero attached hydrogens (tertiary/aromatic N) is 2. The minimum Gasteiger partial charge on any atom is -0.506 e. The minimum atomic E-state index is -0.346. The standard InChI is InChI=1S/C16H19FN2O2/c17-12-8-6-11(7-9-12)15-18-16(21)14(20)10-19(15)13-4-2-1-3-5-13/h6-9,13,20-21H,1-5,10H2. The molecule has 1 aliphatic carbocycles. The SMILES string of the molecule is OC1=C(O)N=C(c2ccc(F)cc2)N(C2CCCCC2)C1. The molecule has 1 heterocycles. The van der Waals surface area contributed by atoms with Crippen LogP contribution in [0.5, 0.6) is 0 Å². The summed E-state index contributed by atoms with van der Waals surface area (Å²) in [7, 11) is 0. The van der Waals surface area contributed by atoms with Crippen molar-refractivity contribution in [3.8, 4) is 0 Å². The van der Waals surface area contributed by atoms with Gasteiger partial charge in [-0.2, -0.15) is 4.99 Å². The number of hydrogen-bond donors (Lipinski definition) is 2. The molecule has 1 saturated carbocycles. The summed E-state index contributed by atoms with van der Waals surface area (Å²) in [6, 6.07) is 6.37. The van der Waals surface area contributed by atoms with Crippen LogP contribution >= 0.6 is 0 Å². The van der Waals surface area contributed by atoms with E-state index in [-0.39, 0.29) is 24.0 Å². The average Bonchev–Trinajstić information content (AvgIpc) is 2.51. The number of amidine groups is 1. The molecule has 4 nitrogen and oxygen atoms in total. The maximum absolute atomic E-state index is 13.1. The number of aliphatic imine (C=N–C) groups is 1. The van der Waals surface area contributed by atoms with Gasteiger partial charge in [0, 0.05) is 11.6 Å². The smallest absolute Gasteiger partial charge is 0.253 e. The quantitative estimate of drug-likeness (QED) is 0.876. The lowest BCUT2D eigenvalue weighted by atomic mass is 9.93. The summed E-state index contributed by atoms with van der Waals surface area (Å²) >= 11 is 0. The van der Waals surface area contributed by atoms with Gasteiger partial charge < -0.3 is 15.1 Å². The molecular formula is C16H19FN2O2. The molecule has 0 saturated heterocycles. The zero-order valence-corrected chi connectivity index (χ0v) is 11.8. The van der Waals surface area contributed by atoms with Crippen LogP contribution in [0, 0.1) is 5.82 Å². The van der Waals surface area contributed by atoms with Crippen LogP contribution in [0.4, 0.5) is 4.39 Å². The van der Waals surface area contributed by atoms with E-state index in [4.69, 9.17) is 0 Å². The summed E-state index contributed by atoms with van der Waals surface area (Å²) in [4.78, 5) is 6.15. The van der Waals surface area contributed by atoms with Crippen molar-refractivity contribution in [1.82, 2.24) is 4.90 Å². The number of rotatable bonds is 2. The lowest BCUT2D eigenvalue weighted by Crippen LogP contribution is -2.45. The van der Waals surface area contributed by atoms with Gasteiger partial charge in [-0.3, -0.25) is 0 Å². The van der Waals surface area contributed by atoms with Crippen molar-refractivity contribution in [2.75, 3.05) is 6.54 Å². The van der Waals surface area contributed by atoms with E-state index in [9.17, 15) is 14.6 Å². The van der Waals surface area contributed by atoms with Crippen LogP contribution in [0.2, 0.25) is 0 Å². The number of halogens is 1. The van der Waals surface area contributed by atoms with Crippen molar-refractivity contribution in [2.24, 2.45) is 4.99 Å². The van der Waals surface area contributed by atoms with Gasteiger partial charge in [0.05, 0.1) is 6.54 Å². The van der Waals surface area contributed by atoms with Crippen molar-refractivity contribution in [3.05, 3.63) is 47.3 Å². The highest BCUT2D eigenvalue weighted by Gasteiger charge is 2.29. The first kappa shape index (κ1) is 13.9. The van der Waals surface area contributed by atoms with E-state index in [1.54, 1.807) is 12.1 Å². The molecule has 3 rings (SSSR count). The van der Waals surface area contributed by atoms with Crippen LogP contribution in [-0.4, -0.2) is 33.5 Å². The maximum Gasteiger partial charge on any atom is 0.253 e. The Kier molecular flexibility index (Phi) is 3.82. The Balaban J connectivity index is 1.94. The molecule has 112 valence electrons. The molecule has 0 radical (unpaired) electrons. The fourth-order valence-corrected chi connectivity index (χ4v) is 3.06. The third-order valence-corrected chi connectivity index (χ3v) is 4.18. The van der Waals surface area contributed by atoms with E-state index < -0.39 is 0 Å². The molecule has 1 aromatic rings. The second-order valence-electron chi connectivity index (χ2n) is 5.63. The van der Waals surface area contributed by atoms with Gasteiger partial charge in [-0.25, -0.2) is 4.39 Å². The third-order valence-electron chi connectivity index (χ3n) is 4.18. The summed E-state index contributed by atoms with van der Waals surface area (Å²) in [5.74, 6) is -0.146. The minimum absolute atomic E-state index is 0.105. The van der Waals surface area contributed by atoms with Crippen molar-refractivity contribution >= 4 is 5.84 Å². The van der Waals surface area contributed by atoms with Crippen LogP contribution < -0.4 is 0 Å². The molecule has 0 bridgehead atoms. The number of benzene rings is 1. The van der Waals surface area contributed by atoms with Gasteiger partial charge in [-0.1, -0.05) is 19.3 Å². The zero-order chi connectivity index (χ0) is 14.8. The first-order valence-corrected chi connectivity index (χ1v) is 7.37. The van der Waals surface area contributed by atoms with Gasteiger partial charge in [0.1, 0.15) is 11.7 Å². The van der Waals surface area contributed by atoms with E-state index >= 15 is 0 Å². The van der Waals surface area contributed by atoms with Crippen LogP contribution in [0.1, 0.15) is 37.7 Å². The number of aliphatic hydroxyl groups is 2. The Morgan fingerprint density at radius 2 is 1.71 bits per heavy atom. The van der Waals surface area contributed by atoms with Crippen molar-refractivity contribution in [3.63, 3.8) is 0 Å². The second-order valence-corrected chi connectivity index (χ2v) is 5.63. The van der Waals surface area contributed by atoms with Gasteiger partial charge in [-0.05, 0) is 37.1 Å². The highest BCUT2D eigenvalue weighted by atomic mass is 19.1. The molecule has 1 fully saturated rings. The third kappa shape index (κ3) is 2.86. The first-order valence-electron chi connectivity index (χ1n) is 7.37. The van der Waals surface area contributed by atoms with Crippen LogP contribution in [-0.2, 0) is 0 Å². The normalized spacial score (nSPS) is 20.6. The van der Waals surface area contributed by atoms with E-state index in [1.165, 1.54) is 18.6 Å². The first-order chi connectivity index (χ1) is 10.1. The lowest BCUT2D eigenvalue weighted by Gasteiger charge is -2.38. The van der Waals surface area contributed by atoms with E-state index in [1.807, 2.05) is 4.90 Å². The predicted octanol–water partition coefficient (Wildman–Crippen LogP) is 3.51. The molecule has 2 aliphatic rings. The fraction of sp³-hybridized carbons (Fsp3) is 0.438. The zero-order valence-electron chi connectivity index (χ0n) is 11.8. The molecule has 2 N–H and O–H groups in total. The molecule has 1 aliphatic heterocycles. The van der Waals surface area contributed by atoms with Crippen LogP contribution in [0.25, 0.3) is 0 Å².